The molecule has 0 saturated carbocycles. The summed E-state index contributed by atoms with van der Waals surface area (Å²) < 4.78 is 30.9. The Kier molecular flexibility index (Phi) is 8.24. The summed E-state index contributed by atoms with van der Waals surface area (Å²) in [6, 6.07) is 19.1. The molecule has 2 saturated heterocycles. The largest absolute Gasteiger partial charge is 0.508 e. The van der Waals surface area contributed by atoms with E-state index in [2.05, 4.69) is 9.98 Å². The Hall–Kier alpha value is -4.86. The van der Waals surface area contributed by atoms with E-state index in [0.29, 0.717) is 11.5 Å². The summed E-state index contributed by atoms with van der Waals surface area (Å²) in [5.41, 5.74) is 5.48. The fourth-order valence-corrected chi connectivity index (χ4v) is 3.95. The molecule has 0 N–H and O–H groups in total. The maximum atomic E-state index is 11.0. The molecule has 0 bridgehead atoms. The van der Waals surface area contributed by atoms with Crippen molar-refractivity contribution in [2.75, 3.05) is 26.4 Å². The molecule has 2 atom stereocenters. The van der Waals surface area contributed by atoms with Crippen LogP contribution in [0, 0.1) is 13.8 Å². The van der Waals surface area contributed by atoms with Crippen molar-refractivity contribution in [1.82, 2.24) is 0 Å². The number of hydrogen-bond acceptors (Lipinski definition) is 10. The normalized spacial score (nSPS) is 18.4. The van der Waals surface area contributed by atoms with Gasteiger partial charge in [0.15, 0.2) is 12.2 Å². The van der Waals surface area contributed by atoms with E-state index in [9.17, 15) is 9.59 Å². The van der Waals surface area contributed by atoms with E-state index in [1.54, 1.807) is 12.4 Å². The second kappa shape index (κ2) is 12.3. The van der Waals surface area contributed by atoms with Crippen LogP contribution in [0.1, 0.15) is 22.3 Å². The van der Waals surface area contributed by atoms with E-state index in [4.69, 9.17) is 28.4 Å². The number of aliphatic imine (C=N–C) groups is 2. The maximum absolute atomic E-state index is 11.0. The molecule has 3 aromatic rings. The third kappa shape index (κ3) is 7.16. The van der Waals surface area contributed by atoms with Crippen molar-refractivity contribution in [2.24, 2.45) is 9.98 Å². The Morgan fingerprint density at radius 2 is 1.12 bits per heavy atom. The van der Waals surface area contributed by atoms with E-state index in [1.165, 1.54) is 0 Å². The molecule has 3 aromatic carbocycles. The van der Waals surface area contributed by atoms with Crippen LogP contribution in [-0.2, 0) is 18.9 Å². The topological polar surface area (TPSA) is 114 Å². The quantitative estimate of drug-likeness (QED) is 0.238. The number of ether oxygens (including phenoxy) is 6. The van der Waals surface area contributed by atoms with Crippen molar-refractivity contribution in [1.29, 1.82) is 0 Å². The molecule has 0 radical (unpaired) electrons. The van der Waals surface area contributed by atoms with Gasteiger partial charge < -0.3 is 28.4 Å². The van der Waals surface area contributed by atoms with Crippen molar-refractivity contribution >= 4 is 36.1 Å². The van der Waals surface area contributed by atoms with Crippen molar-refractivity contribution in [2.45, 2.75) is 26.1 Å². The molecule has 5 rings (SSSR count). The molecule has 0 aromatic heterocycles. The highest BCUT2D eigenvalue weighted by atomic mass is 16.8. The first-order valence-corrected chi connectivity index (χ1v) is 12.7. The van der Waals surface area contributed by atoms with Gasteiger partial charge in [-0.1, -0.05) is 24.3 Å². The summed E-state index contributed by atoms with van der Waals surface area (Å²) in [6.45, 7) is 4.79. The van der Waals surface area contributed by atoms with Crippen molar-refractivity contribution < 1.29 is 38.0 Å². The van der Waals surface area contributed by atoms with E-state index in [1.807, 2.05) is 74.5 Å². The molecule has 10 heteroatoms. The van der Waals surface area contributed by atoms with Gasteiger partial charge in [-0.25, -0.2) is 9.59 Å². The number of carbonyl (C=O) groups excluding carboxylic acids is 2. The molecule has 10 nitrogen and oxygen atoms in total. The highest BCUT2D eigenvalue weighted by molar-refractivity contribution is 5.86. The van der Waals surface area contributed by atoms with Crippen LogP contribution < -0.4 is 9.47 Å². The first kappa shape index (κ1) is 26.7. The van der Waals surface area contributed by atoms with Gasteiger partial charge in [0, 0.05) is 12.4 Å². The smallest absolute Gasteiger partial charge is 0.490 e. The Balaban J connectivity index is 1.13. The average Bonchev–Trinajstić information content (AvgIpc) is 3.57. The molecular weight excluding hydrogens is 516 g/mol. The minimum absolute atomic E-state index is 0.201. The standard InChI is InChI=1S/C30H28N2O8/c1-19-11-23(35-15-25-17-37-29(33)39-25)7-9-27(19)31-13-21-3-5-22(6-4-21)14-32-28-10-8-24(12-20(28)2)36-16-26-18-38-30(34)40-26/h3-14,25-26H,15-18H2,1-2H3. The molecule has 0 amide bonds. The van der Waals surface area contributed by atoms with Crippen LogP contribution in [0.25, 0.3) is 0 Å². The fourth-order valence-electron chi connectivity index (χ4n) is 3.95. The van der Waals surface area contributed by atoms with Gasteiger partial charge in [0.05, 0.1) is 11.4 Å². The van der Waals surface area contributed by atoms with Gasteiger partial charge in [0.25, 0.3) is 0 Å². The summed E-state index contributed by atoms with van der Waals surface area (Å²) >= 11 is 0. The highest BCUT2D eigenvalue weighted by Gasteiger charge is 2.26. The van der Waals surface area contributed by atoms with E-state index in [-0.39, 0.29) is 26.4 Å². The minimum atomic E-state index is -0.662. The second-order valence-corrected chi connectivity index (χ2v) is 9.30. The van der Waals surface area contributed by atoms with Crippen LogP contribution in [0.3, 0.4) is 0 Å². The van der Waals surface area contributed by atoms with Crippen molar-refractivity contribution in [3.05, 3.63) is 82.9 Å². The summed E-state index contributed by atoms with van der Waals surface area (Å²) in [4.78, 5) is 31.2. The van der Waals surface area contributed by atoms with Crippen LogP contribution in [0.15, 0.2) is 70.6 Å². The van der Waals surface area contributed by atoms with Gasteiger partial charge in [-0.3, -0.25) is 9.98 Å². The Bertz CT molecular complexity index is 1330. The van der Waals surface area contributed by atoms with E-state index in [0.717, 1.165) is 33.6 Å². The second-order valence-electron chi connectivity index (χ2n) is 9.30. The predicted octanol–water partition coefficient (Wildman–Crippen LogP) is 5.63. The number of rotatable bonds is 10. The summed E-state index contributed by atoms with van der Waals surface area (Å²) in [5.74, 6) is 1.35. The Morgan fingerprint density at radius 3 is 1.48 bits per heavy atom. The van der Waals surface area contributed by atoms with Crippen LogP contribution in [0.2, 0.25) is 0 Å². The third-order valence-electron chi connectivity index (χ3n) is 6.15. The first-order valence-electron chi connectivity index (χ1n) is 12.7. The molecule has 2 heterocycles. The molecule has 2 unspecified atom stereocenters. The van der Waals surface area contributed by atoms with Gasteiger partial charge in [-0.15, -0.1) is 0 Å². The molecule has 2 fully saturated rings. The number of hydrogen-bond donors (Lipinski definition) is 0. The zero-order valence-electron chi connectivity index (χ0n) is 22.1. The van der Waals surface area contributed by atoms with Gasteiger partial charge in [0.1, 0.15) is 37.9 Å². The molecule has 2 aliphatic rings. The monoisotopic (exact) mass is 544 g/mol. The van der Waals surface area contributed by atoms with Gasteiger partial charge in [0.2, 0.25) is 0 Å². The molecule has 206 valence electrons. The zero-order valence-corrected chi connectivity index (χ0v) is 22.1. The van der Waals surface area contributed by atoms with Crippen LogP contribution in [0.4, 0.5) is 21.0 Å². The first-order chi connectivity index (χ1) is 19.4. The lowest BCUT2D eigenvalue weighted by molar-refractivity contribution is 0.0977. The van der Waals surface area contributed by atoms with Crippen LogP contribution in [-0.4, -0.2) is 63.4 Å². The average molecular weight is 545 g/mol. The predicted molar refractivity (Wildman–Crippen MR) is 147 cm³/mol. The number of carbonyl (C=O) groups is 2. The van der Waals surface area contributed by atoms with Crippen LogP contribution in [0.5, 0.6) is 11.5 Å². The number of nitrogens with zero attached hydrogens (tertiary/aromatic N) is 2. The molecule has 2 aliphatic heterocycles. The van der Waals surface area contributed by atoms with E-state index < -0.39 is 24.5 Å². The van der Waals surface area contributed by atoms with Crippen LogP contribution >= 0.6 is 0 Å². The van der Waals surface area contributed by atoms with Gasteiger partial charge in [-0.2, -0.15) is 0 Å². The molecule has 0 spiro atoms. The summed E-state index contributed by atoms with van der Waals surface area (Å²) in [7, 11) is 0. The zero-order chi connectivity index (χ0) is 27.9. The summed E-state index contributed by atoms with van der Waals surface area (Å²) in [6.07, 6.45) is 1.50. The molecule has 40 heavy (non-hydrogen) atoms. The van der Waals surface area contributed by atoms with Gasteiger partial charge >= 0.3 is 12.3 Å². The lowest BCUT2D eigenvalue weighted by atomic mass is 10.1. The fraction of sp³-hybridized carbons (Fsp3) is 0.267. The Labute approximate surface area is 231 Å². The highest BCUT2D eigenvalue weighted by Crippen LogP contribution is 2.26. The SMILES string of the molecule is Cc1cc(OCC2COC(=O)O2)ccc1N=Cc1ccc(C=Nc2ccc(OCC3COC(=O)O3)cc2C)cc1. The van der Waals surface area contributed by atoms with Crippen molar-refractivity contribution in [3.8, 4) is 11.5 Å². The summed E-state index contributed by atoms with van der Waals surface area (Å²) in [5, 5.41) is 0. The van der Waals surface area contributed by atoms with Crippen molar-refractivity contribution in [3.63, 3.8) is 0 Å². The number of aryl methyl sites for hydroxylation is 2. The van der Waals surface area contributed by atoms with E-state index >= 15 is 0 Å². The third-order valence-corrected chi connectivity index (χ3v) is 6.15. The lowest BCUT2D eigenvalue weighted by Gasteiger charge is -2.10. The molecule has 0 aliphatic carbocycles. The number of benzene rings is 3. The Morgan fingerprint density at radius 1 is 0.700 bits per heavy atom. The number of cyclic esters (lactones) is 4. The maximum Gasteiger partial charge on any atom is 0.508 e. The molecular formula is C30H28N2O8. The van der Waals surface area contributed by atoms with Gasteiger partial charge in [-0.05, 0) is 72.5 Å². The minimum Gasteiger partial charge on any atom is -0.490 e. The lowest BCUT2D eigenvalue weighted by Crippen LogP contribution is -2.19.